The molecule has 0 aromatic rings. The molecule has 1 atom stereocenters. The molecule has 1 heterocycles. The van der Waals surface area contributed by atoms with Gasteiger partial charge in [-0.15, -0.1) is 11.8 Å². The molecule has 0 radical (unpaired) electrons. The smallest absolute Gasteiger partial charge is 0.407 e. The number of alkyl carbamates (subject to hydrolysis) is 1. The summed E-state index contributed by atoms with van der Waals surface area (Å²) >= 11 is 1.70. The Kier molecular flexibility index (Phi) is 12.7. The van der Waals surface area contributed by atoms with Crippen molar-refractivity contribution in [2.24, 2.45) is 0 Å². The molecule has 1 aliphatic rings. The van der Waals surface area contributed by atoms with Gasteiger partial charge in [-0.25, -0.2) is 4.79 Å². The molecule has 1 fully saturated rings. The zero-order chi connectivity index (χ0) is 19.9. The van der Waals surface area contributed by atoms with Gasteiger partial charge < -0.3 is 30.3 Å². The lowest BCUT2D eigenvalue weighted by atomic mass is 10.3. The monoisotopic (exact) mass is 404 g/mol. The molecule has 1 unspecified atom stereocenters. The Morgan fingerprint density at radius 2 is 2.00 bits per heavy atom. The Balaban J connectivity index is 2.07. The van der Waals surface area contributed by atoms with Crippen molar-refractivity contribution in [3.63, 3.8) is 0 Å². The van der Waals surface area contributed by atoms with Crippen LogP contribution in [0.3, 0.4) is 0 Å². The van der Waals surface area contributed by atoms with E-state index in [0.29, 0.717) is 26.2 Å². The fraction of sp³-hybridized carbons (Fsp3) is 0.824. The van der Waals surface area contributed by atoms with Gasteiger partial charge in [-0.3, -0.25) is 9.59 Å². The van der Waals surface area contributed by atoms with Crippen LogP contribution in [-0.2, 0) is 19.1 Å². The minimum Gasteiger partial charge on any atom is -0.447 e. The number of methoxy groups -OCH3 is 1. The van der Waals surface area contributed by atoms with Crippen LogP contribution in [0.2, 0.25) is 0 Å². The van der Waals surface area contributed by atoms with Crippen molar-refractivity contribution in [3.8, 4) is 0 Å². The number of amides is 3. The number of hydrogen-bond acceptors (Lipinski definition) is 7. The van der Waals surface area contributed by atoms with Crippen molar-refractivity contribution < 1.29 is 23.9 Å². The molecule has 156 valence electrons. The molecule has 3 amide bonds. The lowest BCUT2D eigenvalue weighted by molar-refractivity contribution is -0.128. The third kappa shape index (κ3) is 10.4. The minimum absolute atomic E-state index is 0.0261. The van der Waals surface area contributed by atoms with E-state index in [-0.39, 0.29) is 36.6 Å². The van der Waals surface area contributed by atoms with Crippen LogP contribution in [0.1, 0.15) is 19.3 Å². The van der Waals surface area contributed by atoms with E-state index in [1.807, 2.05) is 7.05 Å². The van der Waals surface area contributed by atoms with Gasteiger partial charge in [0.15, 0.2) is 0 Å². The van der Waals surface area contributed by atoms with Crippen LogP contribution in [0.4, 0.5) is 4.79 Å². The van der Waals surface area contributed by atoms with Crippen LogP contribution in [-0.4, -0.2) is 93.9 Å². The van der Waals surface area contributed by atoms with E-state index in [4.69, 9.17) is 9.47 Å². The molecule has 0 aromatic heterocycles. The van der Waals surface area contributed by atoms with Crippen LogP contribution in [0.25, 0.3) is 0 Å². The molecule has 10 heteroatoms. The molecule has 9 nitrogen and oxygen atoms in total. The van der Waals surface area contributed by atoms with E-state index < -0.39 is 6.09 Å². The molecular weight excluding hydrogens is 372 g/mol. The van der Waals surface area contributed by atoms with Crippen molar-refractivity contribution >= 4 is 29.7 Å². The molecule has 0 aliphatic carbocycles. The van der Waals surface area contributed by atoms with Crippen molar-refractivity contribution in [2.45, 2.75) is 24.5 Å². The first kappa shape index (κ1) is 23.5. The van der Waals surface area contributed by atoms with E-state index >= 15 is 0 Å². The molecule has 3 N–H and O–H groups in total. The molecule has 0 saturated carbocycles. The molecule has 1 aliphatic heterocycles. The first-order chi connectivity index (χ1) is 13.1. The second kappa shape index (κ2) is 14.5. The topological polar surface area (TPSA) is 109 Å². The van der Waals surface area contributed by atoms with E-state index in [1.165, 1.54) is 7.11 Å². The molecule has 0 spiro atoms. The summed E-state index contributed by atoms with van der Waals surface area (Å²) in [5.74, 6) is 0.965. The predicted octanol–water partition coefficient (Wildman–Crippen LogP) is -0.191. The van der Waals surface area contributed by atoms with Gasteiger partial charge >= 0.3 is 6.09 Å². The van der Waals surface area contributed by atoms with Crippen LogP contribution in [0, 0.1) is 0 Å². The highest BCUT2D eigenvalue weighted by atomic mass is 32.2. The maximum Gasteiger partial charge on any atom is 0.407 e. The molecular formula is C17H32N4O5S. The maximum atomic E-state index is 12.3. The molecule has 27 heavy (non-hydrogen) atoms. The third-order valence-corrected chi connectivity index (χ3v) is 5.35. The number of nitrogens with zero attached hydrogens (tertiary/aromatic N) is 1. The highest BCUT2D eigenvalue weighted by Gasteiger charge is 2.31. The Hall–Kier alpha value is -1.52. The quantitative estimate of drug-likeness (QED) is 0.344. The van der Waals surface area contributed by atoms with Gasteiger partial charge in [0, 0.05) is 39.7 Å². The number of likely N-dealkylation sites (tertiary alicyclic amines) is 1. The van der Waals surface area contributed by atoms with Crippen molar-refractivity contribution in [1.82, 2.24) is 20.9 Å². The largest absolute Gasteiger partial charge is 0.447 e. The summed E-state index contributed by atoms with van der Waals surface area (Å²) in [7, 11) is 3.44. The fourth-order valence-corrected chi connectivity index (χ4v) is 3.68. The standard InChI is InChI=1S/C17H32N4O5S/c1-18-6-3-13-27-14-4-9-21(16(14)23)10-5-15(22)19-7-8-20-17(24)26-12-11-25-2/h14,18H,3-13H2,1-2H3,(H,19,22)(H,20,24). The molecule has 0 bridgehead atoms. The van der Waals surface area contributed by atoms with Gasteiger partial charge in [-0.2, -0.15) is 0 Å². The first-order valence-corrected chi connectivity index (χ1v) is 10.3. The second-order valence-corrected chi connectivity index (χ2v) is 7.40. The predicted molar refractivity (Wildman–Crippen MR) is 105 cm³/mol. The minimum atomic E-state index is -0.540. The lowest BCUT2D eigenvalue weighted by Crippen LogP contribution is -2.37. The molecule has 1 saturated heterocycles. The fourth-order valence-electron chi connectivity index (χ4n) is 2.52. The van der Waals surface area contributed by atoms with Crippen LogP contribution in [0.5, 0.6) is 0 Å². The van der Waals surface area contributed by atoms with Gasteiger partial charge in [0.2, 0.25) is 11.8 Å². The van der Waals surface area contributed by atoms with Gasteiger partial charge in [0.05, 0.1) is 11.9 Å². The average Bonchev–Trinajstić information content (AvgIpc) is 3.01. The Bertz CT molecular complexity index is 467. The van der Waals surface area contributed by atoms with Crippen molar-refractivity contribution in [3.05, 3.63) is 0 Å². The summed E-state index contributed by atoms with van der Waals surface area (Å²) in [5, 5.41) is 8.37. The third-order valence-electron chi connectivity index (χ3n) is 3.98. The summed E-state index contributed by atoms with van der Waals surface area (Å²) in [5.41, 5.74) is 0. The first-order valence-electron chi connectivity index (χ1n) is 9.29. The number of ether oxygens (including phenoxy) is 2. The summed E-state index contributed by atoms with van der Waals surface area (Å²) in [6.07, 6.45) is 1.62. The number of rotatable bonds is 14. The van der Waals surface area contributed by atoms with Crippen LogP contribution < -0.4 is 16.0 Å². The zero-order valence-electron chi connectivity index (χ0n) is 16.3. The van der Waals surface area contributed by atoms with Crippen molar-refractivity contribution in [1.29, 1.82) is 0 Å². The summed E-state index contributed by atoms with van der Waals surface area (Å²) in [6.45, 7) is 3.23. The van der Waals surface area contributed by atoms with E-state index in [1.54, 1.807) is 16.7 Å². The highest BCUT2D eigenvalue weighted by Crippen LogP contribution is 2.24. The average molecular weight is 405 g/mol. The van der Waals surface area contributed by atoms with Gasteiger partial charge in [0.1, 0.15) is 6.61 Å². The normalized spacial score (nSPS) is 16.4. The van der Waals surface area contributed by atoms with Gasteiger partial charge in [-0.1, -0.05) is 0 Å². The van der Waals surface area contributed by atoms with E-state index in [0.717, 1.165) is 25.1 Å². The van der Waals surface area contributed by atoms with E-state index in [2.05, 4.69) is 16.0 Å². The van der Waals surface area contributed by atoms with Crippen LogP contribution in [0.15, 0.2) is 0 Å². The lowest BCUT2D eigenvalue weighted by Gasteiger charge is -2.16. The van der Waals surface area contributed by atoms with Crippen LogP contribution >= 0.6 is 11.8 Å². The zero-order valence-corrected chi connectivity index (χ0v) is 17.1. The van der Waals surface area contributed by atoms with Gasteiger partial charge in [0.25, 0.3) is 0 Å². The maximum absolute atomic E-state index is 12.3. The SMILES string of the molecule is CNCCCSC1CCN(CCC(=O)NCCNC(=O)OCCOC)C1=O. The number of nitrogens with one attached hydrogen (secondary N) is 3. The number of carbonyl (C=O) groups is 3. The summed E-state index contributed by atoms with van der Waals surface area (Å²) < 4.78 is 9.60. The second-order valence-electron chi connectivity index (χ2n) is 6.09. The summed E-state index contributed by atoms with van der Waals surface area (Å²) in [6, 6.07) is 0. The molecule has 0 aromatic carbocycles. The Labute approximate surface area is 165 Å². The summed E-state index contributed by atoms with van der Waals surface area (Å²) in [4.78, 5) is 37.2. The van der Waals surface area contributed by atoms with Gasteiger partial charge in [-0.05, 0) is 32.2 Å². The number of carbonyl (C=O) groups excluding carboxylic acids is 3. The Morgan fingerprint density at radius 3 is 2.74 bits per heavy atom. The molecule has 1 rings (SSSR count). The highest BCUT2D eigenvalue weighted by molar-refractivity contribution is 8.00. The Morgan fingerprint density at radius 1 is 1.22 bits per heavy atom. The van der Waals surface area contributed by atoms with E-state index in [9.17, 15) is 14.4 Å². The number of thioether (sulfide) groups is 1. The van der Waals surface area contributed by atoms with Crippen molar-refractivity contribution in [2.75, 3.05) is 65.8 Å². The number of hydrogen-bond donors (Lipinski definition) is 3.